The van der Waals surface area contributed by atoms with E-state index in [1.54, 1.807) is 32.3 Å². The van der Waals surface area contributed by atoms with Crippen LogP contribution < -0.4 is 10.6 Å². The van der Waals surface area contributed by atoms with Crippen LogP contribution in [0, 0.1) is 5.41 Å². The predicted octanol–water partition coefficient (Wildman–Crippen LogP) is 2.74. The molecule has 0 unspecified atom stereocenters. The van der Waals surface area contributed by atoms with E-state index in [1.807, 2.05) is 30.3 Å². The van der Waals surface area contributed by atoms with Crippen molar-refractivity contribution in [1.82, 2.24) is 15.6 Å². The van der Waals surface area contributed by atoms with E-state index in [-0.39, 0.29) is 11.8 Å². The van der Waals surface area contributed by atoms with Crippen LogP contribution in [0.3, 0.4) is 0 Å². The zero-order valence-electron chi connectivity index (χ0n) is 14.4. The summed E-state index contributed by atoms with van der Waals surface area (Å²) in [6.45, 7) is 4.04. The molecule has 0 fully saturated rings. The van der Waals surface area contributed by atoms with Crippen LogP contribution in [0.25, 0.3) is 0 Å². The lowest BCUT2D eigenvalue weighted by atomic mass is 9.91. The van der Waals surface area contributed by atoms with Gasteiger partial charge in [-0.05, 0) is 55.7 Å². The molecule has 2 N–H and O–H groups in total. The van der Waals surface area contributed by atoms with Crippen LogP contribution in [0.15, 0.2) is 48.8 Å². The Morgan fingerprint density at radius 3 is 2.40 bits per heavy atom. The molecule has 0 aliphatic heterocycles. The third-order valence-electron chi connectivity index (χ3n) is 3.93. The van der Waals surface area contributed by atoms with Gasteiger partial charge in [0.25, 0.3) is 0 Å². The maximum absolute atomic E-state index is 12.4. The van der Waals surface area contributed by atoms with Gasteiger partial charge in [0.1, 0.15) is 5.41 Å². The second kappa shape index (κ2) is 8.62. The molecule has 6 heteroatoms. The number of halogens is 1. The molecule has 1 aromatic carbocycles. The molecule has 0 atom stereocenters. The smallest absolute Gasteiger partial charge is 0.235 e. The van der Waals surface area contributed by atoms with Gasteiger partial charge in [0.15, 0.2) is 0 Å². The summed E-state index contributed by atoms with van der Waals surface area (Å²) in [6.07, 6.45) is 3.98. The van der Waals surface area contributed by atoms with Crippen molar-refractivity contribution in [2.45, 2.75) is 26.8 Å². The maximum Gasteiger partial charge on any atom is 0.235 e. The van der Waals surface area contributed by atoms with Gasteiger partial charge < -0.3 is 10.6 Å². The summed E-state index contributed by atoms with van der Waals surface area (Å²) in [6, 6.07) is 11.1. The van der Waals surface area contributed by atoms with Gasteiger partial charge in [-0.1, -0.05) is 23.7 Å². The molecule has 0 saturated heterocycles. The number of nitrogens with zero attached hydrogens (tertiary/aromatic N) is 1. The van der Waals surface area contributed by atoms with E-state index in [0.29, 0.717) is 24.5 Å². The third-order valence-corrected chi connectivity index (χ3v) is 4.16. The molecule has 0 aliphatic rings. The molecule has 2 amide bonds. The van der Waals surface area contributed by atoms with Crippen molar-refractivity contribution in [3.05, 3.63) is 64.9 Å². The normalized spacial score (nSPS) is 11.0. The largest absolute Gasteiger partial charge is 0.355 e. The fourth-order valence-corrected chi connectivity index (χ4v) is 2.45. The number of hydrogen-bond donors (Lipinski definition) is 2. The second-order valence-corrected chi connectivity index (χ2v) is 6.74. The molecule has 25 heavy (non-hydrogen) atoms. The summed E-state index contributed by atoms with van der Waals surface area (Å²) in [5.74, 6) is -0.619. The first-order valence-corrected chi connectivity index (χ1v) is 8.47. The number of benzene rings is 1. The summed E-state index contributed by atoms with van der Waals surface area (Å²) >= 11 is 5.94. The number of amides is 2. The van der Waals surface area contributed by atoms with Crippen molar-refractivity contribution in [1.29, 1.82) is 0 Å². The number of pyridine rings is 1. The van der Waals surface area contributed by atoms with Crippen molar-refractivity contribution < 1.29 is 9.59 Å². The topological polar surface area (TPSA) is 71.1 Å². The molecule has 132 valence electrons. The van der Waals surface area contributed by atoms with Crippen molar-refractivity contribution in [2.75, 3.05) is 6.54 Å². The first kappa shape index (κ1) is 18.9. The maximum atomic E-state index is 12.4. The lowest BCUT2D eigenvalue weighted by Crippen LogP contribution is -2.48. The average molecular weight is 360 g/mol. The second-order valence-electron chi connectivity index (χ2n) is 6.30. The summed E-state index contributed by atoms with van der Waals surface area (Å²) in [5.41, 5.74) is 0.815. The summed E-state index contributed by atoms with van der Waals surface area (Å²) in [7, 11) is 0. The highest BCUT2D eigenvalue weighted by Gasteiger charge is 2.35. The molecule has 1 aromatic heterocycles. The molecule has 0 bridgehead atoms. The van der Waals surface area contributed by atoms with E-state index >= 15 is 0 Å². The molecule has 0 radical (unpaired) electrons. The number of hydrogen-bond acceptors (Lipinski definition) is 3. The minimum atomic E-state index is -1.15. The van der Waals surface area contributed by atoms with Crippen molar-refractivity contribution in [2.24, 2.45) is 5.41 Å². The molecular weight excluding hydrogens is 338 g/mol. The fourth-order valence-electron chi connectivity index (χ4n) is 2.24. The Morgan fingerprint density at radius 2 is 1.72 bits per heavy atom. The monoisotopic (exact) mass is 359 g/mol. The Bertz CT molecular complexity index is 732. The SMILES string of the molecule is CC(C)(C(=O)NCCc1cccc(Cl)c1)C(=O)NCc1ccncc1. The van der Waals surface area contributed by atoms with Gasteiger partial charge in [-0.15, -0.1) is 0 Å². The number of aromatic nitrogens is 1. The van der Waals surface area contributed by atoms with Crippen LogP contribution in [0.5, 0.6) is 0 Å². The van der Waals surface area contributed by atoms with Crippen molar-refractivity contribution in [3.63, 3.8) is 0 Å². The zero-order valence-corrected chi connectivity index (χ0v) is 15.1. The molecule has 0 spiro atoms. The van der Waals surface area contributed by atoms with Crippen LogP contribution >= 0.6 is 11.6 Å². The predicted molar refractivity (Wildman–Crippen MR) is 98.0 cm³/mol. The molecule has 5 nitrogen and oxygen atoms in total. The third kappa shape index (κ3) is 5.57. The Hall–Kier alpha value is -2.40. The summed E-state index contributed by atoms with van der Waals surface area (Å²) in [4.78, 5) is 28.6. The van der Waals surface area contributed by atoms with Crippen LogP contribution in [0.1, 0.15) is 25.0 Å². The van der Waals surface area contributed by atoms with Gasteiger partial charge in [0.2, 0.25) is 11.8 Å². The highest BCUT2D eigenvalue weighted by Crippen LogP contribution is 2.16. The van der Waals surface area contributed by atoms with E-state index in [4.69, 9.17) is 11.6 Å². The number of nitrogens with one attached hydrogen (secondary N) is 2. The van der Waals surface area contributed by atoms with Gasteiger partial charge in [-0.2, -0.15) is 0 Å². The molecule has 0 saturated carbocycles. The standard InChI is InChI=1S/C19H22ClN3O2/c1-19(2,18(25)23-13-15-6-9-21-10-7-15)17(24)22-11-8-14-4-3-5-16(20)12-14/h3-7,9-10,12H,8,11,13H2,1-2H3,(H,22,24)(H,23,25). The lowest BCUT2D eigenvalue weighted by molar-refractivity contribution is -0.141. The molecule has 2 aromatic rings. The Morgan fingerprint density at radius 1 is 1.04 bits per heavy atom. The minimum absolute atomic E-state index is 0.304. The van der Waals surface area contributed by atoms with Crippen molar-refractivity contribution >= 4 is 23.4 Å². The Labute approximate surface area is 152 Å². The Kier molecular flexibility index (Phi) is 6.53. The first-order chi connectivity index (χ1) is 11.9. The van der Waals surface area contributed by atoms with Gasteiger partial charge in [0, 0.05) is 30.5 Å². The number of carbonyl (C=O) groups excluding carboxylic acids is 2. The van der Waals surface area contributed by atoms with E-state index in [0.717, 1.165) is 11.1 Å². The zero-order chi connectivity index (χ0) is 18.3. The van der Waals surface area contributed by atoms with E-state index in [1.165, 1.54) is 0 Å². The van der Waals surface area contributed by atoms with Gasteiger partial charge in [-0.25, -0.2) is 0 Å². The van der Waals surface area contributed by atoms with Crippen LogP contribution in [0.2, 0.25) is 5.02 Å². The van der Waals surface area contributed by atoms with Crippen LogP contribution in [-0.4, -0.2) is 23.3 Å². The molecule has 1 heterocycles. The quantitative estimate of drug-likeness (QED) is 0.747. The molecule has 0 aliphatic carbocycles. The minimum Gasteiger partial charge on any atom is -0.355 e. The van der Waals surface area contributed by atoms with Crippen LogP contribution in [-0.2, 0) is 22.6 Å². The number of carbonyl (C=O) groups is 2. The van der Waals surface area contributed by atoms with Gasteiger partial charge >= 0.3 is 0 Å². The molecule has 2 rings (SSSR count). The van der Waals surface area contributed by atoms with E-state index in [2.05, 4.69) is 15.6 Å². The first-order valence-electron chi connectivity index (χ1n) is 8.09. The lowest BCUT2D eigenvalue weighted by Gasteiger charge is -2.22. The highest BCUT2D eigenvalue weighted by molar-refractivity contribution is 6.30. The van der Waals surface area contributed by atoms with Crippen LogP contribution in [0.4, 0.5) is 0 Å². The van der Waals surface area contributed by atoms with E-state index < -0.39 is 5.41 Å². The summed E-state index contributed by atoms with van der Waals surface area (Å²) in [5, 5.41) is 6.27. The average Bonchev–Trinajstić information content (AvgIpc) is 2.60. The van der Waals surface area contributed by atoms with E-state index in [9.17, 15) is 9.59 Å². The van der Waals surface area contributed by atoms with Gasteiger partial charge in [0.05, 0.1) is 0 Å². The summed E-state index contributed by atoms with van der Waals surface area (Å²) < 4.78 is 0. The van der Waals surface area contributed by atoms with Crippen molar-refractivity contribution in [3.8, 4) is 0 Å². The Balaban J connectivity index is 1.82. The van der Waals surface area contributed by atoms with Gasteiger partial charge in [-0.3, -0.25) is 14.6 Å². The fraction of sp³-hybridized carbons (Fsp3) is 0.316. The number of rotatable bonds is 7. The highest BCUT2D eigenvalue weighted by atomic mass is 35.5. The molecular formula is C19H22ClN3O2.